The summed E-state index contributed by atoms with van der Waals surface area (Å²) in [5.41, 5.74) is -1.01. The minimum absolute atomic E-state index is 0.268. The van der Waals surface area contributed by atoms with Gasteiger partial charge in [-0.05, 0) is 23.8 Å². The number of carbonyl (C=O) groups is 2. The third-order valence-electron chi connectivity index (χ3n) is 2.93. The third-order valence-corrected chi connectivity index (χ3v) is 2.93. The molecule has 1 amide bonds. The van der Waals surface area contributed by atoms with Gasteiger partial charge in [0, 0.05) is 25.0 Å². The van der Waals surface area contributed by atoms with E-state index in [1.807, 2.05) is 0 Å². The molecular formula is C15H12F3N3O3. The molecule has 2 aromatic rings. The van der Waals surface area contributed by atoms with E-state index in [1.165, 1.54) is 37.4 Å². The summed E-state index contributed by atoms with van der Waals surface area (Å²) in [5.74, 6) is -2.05. The maximum Gasteiger partial charge on any atom is 0.435 e. The van der Waals surface area contributed by atoms with Crippen LogP contribution in [-0.2, 0) is 18.0 Å². The second-order valence-corrected chi connectivity index (χ2v) is 4.81. The first kappa shape index (κ1) is 17.3. The van der Waals surface area contributed by atoms with Crippen LogP contribution in [0.4, 0.5) is 18.9 Å². The maximum absolute atomic E-state index is 12.9. The average molecular weight is 339 g/mol. The number of alkyl halides is 3. The van der Waals surface area contributed by atoms with E-state index in [1.54, 1.807) is 0 Å². The number of carboxylic acid groups (broad SMARTS) is 1. The summed E-state index contributed by atoms with van der Waals surface area (Å²) >= 11 is 0. The van der Waals surface area contributed by atoms with E-state index in [0.717, 1.165) is 17.0 Å². The van der Waals surface area contributed by atoms with Crippen molar-refractivity contribution >= 4 is 23.6 Å². The molecule has 0 fully saturated rings. The van der Waals surface area contributed by atoms with Crippen LogP contribution < -0.4 is 5.32 Å². The number of hydrogen-bond donors (Lipinski definition) is 2. The standard InChI is InChI=1S/C15H12F3N3O3/c1-21-8-11(13(20-21)15(16,17)18)14(24)19-10-5-2-9(3-6-10)4-7-12(22)23/h2-8H,1H3,(H,19,24)(H,22,23)/b7-4+. The van der Waals surface area contributed by atoms with Crippen molar-refractivity contribution in [2.75, 3.05) is 5.32 Å². The molecule has 9 heteroatoms. The number of aliphatic carboxylic acids is 1. The van der Waals surface area contributed by atoms with Crippen molar-refractivity contribution in [3.63, 3.8) is 0 Å². The molecule has 0 spiro atoms. The normalized spacial score (nSPS) is 11.7. The minimum atomic E-state index is -4.74. The largest absolute Gasteiger partial charge is 0.478 e. The van der Waals surface area contributed by atoms with Crippen molar-refractivity contribution < 1.29 is 27.9 Å². The number of carboxylic acids is 1. The number of nitrogens with one attached hydrogen (secondary N) is 1. The van der Waals surface area contributed by atoms with Crippen LogP contribution in [0.15, 0.2) is 36.5 Å². The number of aryl methyl sites for hydroxylation is 1. The zero-order chi connectivity index (χ0) is 17.9. The minimum Gasteiger partial charge on any atom is -0.478 e. The fraction of sp³-hybridized carbons (Fsp3) is 0.133. The van der Waals surface area contributed by atoms with Gasteiger partial charge in [0.2, 0.25) is 0 Å². The van der Waals surface area contributed by atoms with Gasteiger partial charge in [-0.3, -0.25) is 9.48 Å². The molecule has 0 aliphatic rings. The van der Waals surface area contributed by atoms with E-state index in [-0.39, 0.29) is 5.69 Å². The van der Waals surface area contributed by atoms with Crippen LogP contribution in [0.25, 0.3) is 6.08 Å². The summed E-state index contributed by atoms with van der Waals surface area (Å²) < 4.78 is 39.5. The number of aromatic nitrogens is 2. The molecule has 0 saturated carbocycles. The molecule has 24 heavy (non-hydrogen) atoms. The highest BCUT2D eigenvalue weighted by molar-refractivity contribution is 6.05. The number of nitrogens with zero attached hydrogens (tertiary/aromatic N) is 2. The van der Waals surface area contributed by atoms with Crippen LogP contribution in [0.2, 0.25) is 0 Å². The highest BCUT2D eigenvalue weighted by Gasteiger charge is 2.38. The predicted octanol–water partition coefficient (Wildman–Crippen LogP) is 2.79. The molecule has 0 aliphatic carbocycles. The zero-order valence-electron chi connectivity index (χ0n) is 12.3. The molecule has 2 rings (SSSR count). The lowest BCUT2D eigenvalue weighted by molar-refractivity contribution is -0.141. The fourth-order valence-electron chi connectivity index (χ4n) is 1.91. The Labute approximate surface area is 134 Å². The molecule has 0 aliphatic heterocycles. The second kappa shape index (κ2) is 6.57. The smallest absolute Gasteiger partial charge is 0.435 e. The number of amides is 1. The van der Waals surface area contributed by atoms with Crippen LogP contribution in [0, 0.1) is 0 Å². The summed E-state index contributed by atoms with van der Waals surface area (Å²) in [4.78, 5) is 22.5. The quantitative estimate of drug-likeness (QED) is 0.839. The van der Waals surface area contributed by atoms with E-state index < -0.39 is 29.3 Å². The highest BCUT2D eigenvalue weighted by Crippen LogP contribution is 2.30. The predicted molar refractivity (Wildman–Crippen MR) is 79.3 cm³/mol. The van der Waals surface area contributed by atoms with Crippen LogP contribution >= 0.6 is 0 Å². The summed E-state index contributed by atoms with van der Waals surface area (Å²) in [6.45, 7) is 0. The first-order valence-corrected chi connectivity index (χ1v) is 6.60. The molecule has 0 unspecified atom stereocenters. The number of anilines is 1. The van der Waals surface area contributed by atoms with Gasteiger partial charge in [0.1, 0.15) is 0 Å². The molecule has 1 aromatic carbocycles. The Bertz CT molecular complexity index is 793. The number of benzene rings is 1. The topological polar surface area (TPSA) is 84.2 Å². The van der Waals surface area contributed by atoms with Crippen LogP contribution in [0.3, 0.4) is 0 Å². The highest BCUT2D eigenvalue weighted by atomic mass is 19.4. The summed E-state index contributed by atoms with van der Waals surface area (Å²) in [6, 6.07) is 5.93. The molecule has 2 N–H and O–H groups in total. The molecular weight excluding hydrogens is 327 g/mol. The van der Waals surface area contributed by atoms with Gasteiger partial charge in [0.15, 0.2) is 5.69 Å². The third kappa shape index (κ3) is 4.22. The Morgan fingerprint density at radius 3 is 2.42 bits per heavy atom. The van der Waals surface area contributed by atoms with Gasteiger partial charge < -0.3 is 10.4 Å². The lowest BCUT2D eigenvalue weighted by atomic mass is 10.1. The van der Waals surface area contributed by atoms with Gasteiger partial charge in [0.25, 0.3) is 5.91 Å². The monoisotopic (exact) mass is 339 g/mol. The lowest BCUT2D eigenvalue weighted by Gasteiger charge is -2.07. The van der Waals surface area contributed by atoms with E-state index in [4.69, 9.17) is 5.11 Å². The number of hydrogen-bond acceptors (Lipinski definition) is 3. The Kier molecular flexibility index (Phi) is 4.72. The summed E-state index contributed by atoms with van der Waals surface area (Å²) in [5, 5.41) is 14.1. The first-order valence-electron chi connectivity index (χ1n) is 6.60. The van der Waals surface area contributed by atoms with Crippen molar-refractivity contribution in [3.05, 3.63) is 53.4 Å². The number of rotatable bonds is 4. The molecule has 0 bridgehead atoms. The van der Waals surface area contributed by atoms with Gasteiger partial charge in [-0.15, -0.1) is 0 Å². The fourth-order valence-corrected chi connectivity index (χ4v) is 1.91. The number of carbonyl (C=O) groups excluding carboxylic acids is 1. The van der Waals surface area contributed by atoms with Crippen LogP contribution in [0.1, 0.15) is 21.6 Å². The van der Waals surface area contributed by atoms with Gasteiger partial charge >= 0.3 is 12.1 Å². The van der Waals surface area contributed by atoms with E-state index in [2.05, 4.69) is 10.4 Å². The summed E-state index contributed by atoms with van der Waals surface area (Å²) in [7, 11) is 1.29. The second-order valence-electron chi connectivity index (χ2n) is 4.81. The van der Waals surface area contributed by atoms with Gasteiger partial charge in [-0.1, -0.05) is 12.1 Å². The van der Waals surface area contributed by atoms with Gasteiger partial charge in [0.05, 0.1) is 5.56 Å². The number of halogens is 3. The van der Waals surface area contributed by atoms with Crippen molar-refractivity contribution in [2.24, 2.45) is 7.05 Å². The van der Waals surface area contributed by atoms with Crippen molar-refractivity contribution in [3.8, 4) is 0 Å². The molecule has 6 nitrogen and oxygen atoms in total. The molecule has 1 aromatic heterocycles. The molecule has 0 atom stereocenters. The SMILES string of the molecule is Cn1cc(C(=O)Nc2ccc(/C=C/C(=O)O)cc2)c(C(F)(F)F)n1. The Balaban J connectivity index is 2.17. The first-order chi connectivity index (χ1) is 11.2. The van der Waals surface area contributed by atoms with E-state index >= 15 is 0 Å². The molecule has 0 saturated heterocycles. The van der Waals surface area contributed by atoms with Gasteiger partial charge in [-0.25, -0.2) is 4.79 Å². The summed E-state index contributed by atoms with van der Waals surface area (Å²) in [6.07, 6.45) is -1.46. The van der Waals surface area contributed by atoms with Gasteiger partial charge in [-0.2, -0.15) is 18.3 Å². The van der Waals surface area contributed by atoms with Crippen molar-refractivity contribution in [1.29, 1.82) is 0 Å². The van der Waals surface area contributed by atoms with E-state index in [9.17, 15) is 22.8 Å². The molecule has 126 valence electrons. The van der Waals surface area contributed by atoms with E-state index in [0.29, 0.717) is 5.56 Å². The lowest BCUT2D eigenvalue weighted by Crippen LogP contribution is -2.17. The molecule has 1 heterocycles. The molecule has 0 radical (unpaired) electrons. The van der Waals surface area contributed by atoms with Crippen molar-refractivity contribution in [2.45, 2.75) is 6.18 Å². The van der Waals surface area contributed by atoms with Crippen LogP contribution in [-0.4, -0.2) is 26.8 Å². The average Bonchev–Trinajstić information content (AvgIpc) is 2.89. The zero-order valence-corrected chi connectivity index (χ0v) is 12.3. The maximum atomic E-state index is 12.9. The Hall–Kier alpha value is -3.10. The Morgan fingerprint density at radius 2 is 1.88 bits per heavy atom. The van der Waals surface area contributed by atoms with Crippen molar-refractivity contribution in [1.82, 2.24) is 9.78 Å². The van der Waals surface area contributed by atoms with Crippen LogP contribution in [0.5, 0.6) is 0 Å². The Morgan fingerprint density at radius 1 is 1.25 bits per heavy atom.